The number of carbonyl (C=O) groups is 5. The van der Waals surface area contributed by atoms with E-state index >= 15 is 0 Å². The Morgan fingerprint density at radius 1 is 0.938 bits per heavy atom. The number of carboxylic acid groups (broad SMARTS) is 1. The lowest BCUT2D eigenvalue weighted by Gasteiger charge is -2.34. The number of carboxylic acids is 1. The van der Waals surface area contributed by atoms with Crippen molar-refractivity contribution >= 4 is 57.1 Å². The van der Waals surface area contributed by atoms with Crippen molar-refractivity contribution < 1.29 is 38.6 Å². The van der Waals surface area contributed by atoms with E-state index in [9.17, 15) is 29.1 Å². The van der Waals surface area contributed by atoms with Gasteiger partial charge < -0.3 is 45.6 Å². The molecule has 2 saturated heterocycles. The van der Waals surface area contributed by atoms with E-state index in [0.29, 0.717) is 51.4 Å². The number of nitrogens with one attached hydrogen (secondary N) is 4. The van der Waals surface area contributed by atoms with E-state index in [1.807, 2.05) is 71.2 Å². The third kappa shape index (κ3) is 16.6. The maximum atomic E-state index is 13.1. The number of anilines is 1. The molecule has 2 aliphatic heterocycles. The van der Waals surface area contributed by atoms with Crippen LogP contribution in [-0.4, -0.2) is 119 Å². The quantitative estimate of drug-likeness (QED) is 0.0685. The van der Waals surface area contributed by atoms with E-state index in [4.69, 9.17) is 14.5 Å². The van der Waals surface area contributed by atoms with Crippen LogP contribution in [0.4, 0.5) is 9.93 Å². The van der Waals surface area contributed by atoms with Crippen LogP contribution in [-0.2, 0) is 19.2 Å². The van der Waals surface area contributed by atoms with E-state index in [2.05, 4.69) is 47.0 Å². The van der Waals surface area contributed by atoms with E-state index < -0.39 is 35.9 Å². The molecule has 3 aromatic rings. The standard InChI is InChI=1S/C29H51N5O6.C17H19N3O2S.C2H6/c1-6-7-8-9-10-13-20(2)25(27(38)39)32-26(37)21-14-11-17-34(21)24(36)18-30-28(40)31-22(29(3,4)5)19-33-16-12-15-23(33)35;1-10(2)18-17-20-15(9-23-17)14-8-16(22-4)12-6-5-11(21-3)7-13(12)19-14;1-2/h20-22,25H,6-19H2,1-5H3,(H,32,37)(H,38,39)(H2,30,31,40);5-10H,1-4H3,(H,18,20);1-2H3/t20?,21-,22?,25?;;/m0../s1. The van der Waals surface area contributed by atoms with Gasteiger partial charge in [-0.05, 0) is 63.0 Å². The molecule has 65 heavy (non-hydrogen) atoms. The molecule has 0 aliphatic carbocycles. The second-order valence-corrected chi connectivity index (χ2v) is 18.7. The Bertz CT molecular complexity index is 2000. The van der Waals surface area contributed by atoms with E-state index in [1.165, 1.54) is 4.90 Å². The lowest BCUT2D eigenvalue weighted by molar-refractivity contribution is -0.145. The number of rotatable bonds is 20. The van der Waals surface area contributed by atoms with Crippen molar-refractivity contribution in [1.82, 2.24) is 35.7 Å². The predicted octanol–water partition coefficient (Wildman–Crippen LogP) is 8.10. The molecule has 1 aromatic carbocycles. The van der Waals surface area contributed by atoms with Crippen molar-refractivity contribution in [2.75, 3.05) is 45.7 Å². The van der Waals surface area contributed by atoms with Crippen LogP contribution < -0.4 is 30.7 Å². The number of carbonyl (C=O) groups excluding carboxylic acids is 4. The highest BCUT2D eigenvalue weighted by molar-refractivity contribution is 7.14. The third-order valence-electron chi connectivity index (χ3n) is 11.5. The third-order valence-corrected chi connectivity index (χ3v) is 12.2. The molecule has 362 valence electrons. The number of fused-ring (bicyclic) bond motifs is 1. The molecule has 5 N–H and O–H groups in total. The minimum Gasteiger partial charge on any atom is -0.497 e. The monoisotopic (exact) mass is 925 g/mol. The molecule has 2 aliphatic rings. The Balaban J connectivity index is 0.000000377. The molecule has 0 radical (unpaired) electrons. The van der Waals surface area contributed by atoms with Crippen molar-refractivity contribution in [2.45, 2.75) is 151 Å². The van der Waals surface area contributed by atoms with Gasteiger partial charge in [0, 0.05) is 55.0 Å². The van der Waals surface area contributed by atoms with Crippen LogP contribution in [0.25, 0.3) is 22.3 Å². The van der Waals surface area contributed by atoms with Crippen molar-refractivity contribution in [3.8, 4) is 22.9 Å². The normalized spacial score (nSPS) is 16.1. The van der Waals surface area contributed by atoms with E-state index in [-0.39, 0.29) is 29.8 Å². The van der Waals surface area contributed by atoms with Crippen molar-refractivity contribution in [3.05, 3.63) is 29.6 Å². The number of likely N-dealkylation sites (tertiary alicyclic amines) is 2. The summed E-state index contributed by atoms with van der Waals surface area (Å²) < 4.78 is 10.8. The molecule has 4 atom stereocenters. The summed E-state index contributed by atoms with van der Waals surface area (Å²) in [7, 11) is 3.31. The first-order chi connectivity index (χ1) is 30.9. The zero-order chi connectivity index (χ0) is 48.3. The van der Waals surface area contributed by atoms with Crippen molar-refractivity contribution in [3.63, 3.8) is 0 Å². The molecule has 17 heteroatoms. The molecular formula is C48H76N8O8S. The highest BCUT2D eigenvalue weighted by atomic mass is 32.1. The second kappa shape index (κ2) is 26.7. The first-order valence-electron chi connectivity index (χ1n) is 23.4. The number of benzene rings is 1. The van der Waals surface area contributed by atoms with Gasteiger partial charge in [0.1, 0.15) is 29.3 Å². The summed E-state index contributed by atoms with van der Waals surface area (Å²) in [5.41, 5.74) is 2.14. The Kier molecular flexibility index (Phi) is 22.2. The van der Waals surface area contributed by atoms with Crippen LogP contribution in [0.1, 0.15) is 127 Å². The van der Waals surface area contributed by atoms with Crippen LogP contribution in [0.15, 0.2) is 29.6 Å². The molecule has 2 fully saturated rings. The molecule has 16 nitrogen and oxygen atoms in total. The summed E-state index contributed by atoms with van der Waals surface area (Å²) in [6.07, 6.45) is 8.46. The first kappa shape index (κ1) is 54.1. The fourth-order valence-corrected chi connectivity index (χ4v) is 8.55. The maximum absolute atomic E-state index is 13.1. The Morgan fingerprint density at radius 2 is 1.66 bits per heavy atom. The van der Waals surface area contributed by atoms with Gasteiger partial charge in [0.25, 0.3) is 0 Å². The molecule has 0 spiro atoms. The molecule has 5 amide bonds. The number of amides is 5. The Hall–Kier alpha value is -5.19. The van der Waals surface area contributed by atoms with Gasteiger partial charge in [-0.15, -0.1) is 11.3 Å². The SMILES string of the molecule is CC.CCCCCCCC(C)C(NC(=O)[C@@H]1CCCN1C(=O)CNC(=O)NC(CN1CCCC1=O)C(C)(C)C)C(=O)O.COc1ccc2c(OC)cc(-c3csc(NC(C)C)n3)nc2c1. The van der Waals surface area contributed by atoms with Gasteiger partial charge >= 0.3 is 12.0 Å². The number of ether oxygens (including phenoxy) is 2. The number of thiazole rings is 1. The van der Waals surface area contributed by atoms with Crippen LogP contribution in [0.5, 0.6) is 11.5 Å². The topological polar surface area (TPSA) is 204 Å². The minimum atomic E-state index is -1.08. The van der Waals surface area contributed by atoms with E-state index in [0.717, 1.165) is 77.4 Å². The number of hydrogen-bond donors (Lipinski definition) is 5. The average molecular weight is 925 g/mol. The number of aromatic nitrogens is 2. The summed E-state index contributed by atoms with van der Waals surface area (Å²) >= 11 is 1.57. The van der Waals surface area contributed by atoms with Gasteiger partial charge in [0.15, 0.2) is 5.13 Å². The van der Waals surface area contributed by atoms with Gasteiger partial charge in [-0.3, -0.25) is 14.4 Å². The summed E-state index contributed by atoms with van der Waals surface area (Å²) in [6.45, 7) is 19.3. The van der Waals surface area contributed by atoms with Crippen LogP contribution >= 0.6 is 11.3 Å². The summed E-state index contributed by atoms with van der Waals surface area (Å²) in [6, 6.07) is 5.42. The average Bonchev–Trinajstić information content (AvgIpc) is 4.06. The number of nitrogens with zero attached hydrogens (tertiary/aromatic N) is 4. The van der Waals surface area contributed by atoms with Gasteiger partial charge in [-0.2, -0.15) is 0 Å². The number of hydrogen-bond acceptors (Lipinski definition) is 11. The minimum absolute atomic E-state index is 0.0801. The zero-order valence-corrected chi connectivity index (χ0v) is 41.5. The number of pyridine rings is 1. The van der Waals surface area contributed by atoms with E-state index in [1.54, 1.807) is 30.5 Å². The van der Waals surface area contributed by atoms with Crippen LogP contribution in [0.3, 0.4) is 0 Å². The highest BCUT2D eigenvalue weighted by Gasteiger charge is 2.37. The summed E-state index contributed by atoms with van der Waals surface area (Å²) in [5, 5.41) is 25.1. The number of aliphatic carboxylic acids is 1. The van der Waals surface area contributed by atoms with Gasteiger partial charge in [0.05, 0.1) is 38.0 Å². The zero-order valence-electron chi connectivity index (χ0n) is 40.7. The number of unbranched alkanes of at least 4 members (excludes halogenated alkanes) is 4. The van der Waals surface area contributed by atoms with Crippen LogP contribution in [0, 0.1) is 11.3 Å². The van der Waals surface area contributed by atoms with Crippen molar-refractivity contribution in [2.24, 2.45) is 11.3 Å². The smallest absolute Gasteiger partial charge is 0.326 e. The largest absolute Gasteiger partial charge is 0.497 e. The summed E-state index contributed by atoms with van der Waals surface area (Å²) in [5.74, 6) is -0.548. The fraction of sp³-hybridized carbons (Fsp3) is 0.646. The lowest BCUT2D eigenvalue weighted by Crippen LogP contribution is -2.56. The lowest BCUT2D eigenvalue weighted by atomic mass is 9.86. The maximum Gasteiger partial charge on any atom is 0.326 e. The molecule has 5 rings (SSSR count). The number of methoxy groups -OCH3 is 2. The molecule has 0 saturated carbocycles. The second-order valence-electron chi connectivity index (χ2n) is 17.9. The Labute approximate surface area is 390 Å². The molecular weight excluding hydrogens is 849 g/mol. The molecule has 0 bridgehead atoms. The molecule has 4 heterocycles. The van der Waals surface area contributed by atoms with Gasteiger partial charge in [0.2, 0.25) is 17.7 Å². The highest BCUT2D eigenvalue weighted by Crippen LogP contribution is 2.33. The molecule has 2 aromatic heterocycles. The Morgan fingerprint density at radius 3 is 2.28 bits per heavy atom. The fourth-order valence-electron chi connectivity index (χ4n) is 7.70. The van der Waals surface area contributed by atoms with Crippen molar-refractivity contribution in [1.29, 1.82) is 0 Å². The first-order valence-corrected chi connectivity index (χ1v) is 24.2. The number of urea groups is 1. The van der Waals surface area contributed by atoms with Crippen LogP contribution in [0.2, 0.25) is 0 Å². The summed E-state index contributed by atoms with van der Waals surface area (Å²) in [4.78, 5) is 75.3. The van der Waals surface area contributed by atoms with Gasteiger partial charge in [-0.1, -0.05) is 80.6 Å². The predicted molar refractivity (Wildman–Crippen MR) is 258 cm³/mol. The molecule has 3 unspecified atom stereocenters. The van der Waals surface area contributed by atoms with Gasteiger partial charge in [-0.25, -0.2) is 19.6 Å².